The van der Waals surface area contributed by atoms with Crippen LogP contribution < -0.4 is 5.73 Å². The molecule has 0 bridgehead atoms. The van der Waals surface area contributed by atoms with Crippen LogP contribution in [-0.4, -0.2) is 40.8 Å². The van der Waals surface area contributed by atoms with E-state index in [2.05, 4.69) is 10.1 Å². The summed E-state index contributed by atoms with van der Waals surface area (Å²) in [6.07, 6.45) is 8.07. The molecule has 1 aliphatic heterocycles. The summed E-state index contributed by atoms with van der Waals surface area (Å²) in [6.45, 7) is 8.23. The predicted octanol–water partition coefficient (Wildman–Crippen LogP) is 3.26. The first-order valence-electron chi connectivity index (χ1n) is 9.01. The Labute approximate surface area is 150 Å². The molecule has 1 atom stereocenters. The Hall–Kier alpha value is -1.73. The first kappa shape index (κ1) is 19.6. The highest BCUT2D eigenvalue weighted by Gasteiger charge is 2.18. The minimum absolute atomic E-state index is 0.0375. The third kappa shape index (κ3) is 6.96. The number of aromatic nitrogens is 2. The average molecular weight is 349 g/mol. The lowest BCUT2D eigenvalue weighted by Gasteiger charge is -2.22. The number of ether oxygens (including phenoxy) is 2. The van der Waals surface area contributed by atoms with E-state index in [1.54, 1.807) is 6.20 Å². The molecule has 0 radical (unpaired) electrons. The molecule has 1 saturated heterocycles. The number of hydrogen-bond donors (Lipinski definition) is 2. The maximum Gasteiger partial charge on any atom is 0.157 e. The molecule has 0 amide bonds. The molecule has 7 heteroatoms. The highest BCUT2D eigenvalue weighted by Crippen LogP contribution is 2.18. The van der Waals surface area contributed by atoms with E-state index >= 15 is 0 Å². The van der Waals surface area contributed by atoms with Crippen molar-refractivity contribution < 1.29 is 9.47 Å². The quantitative estimate of drug-likeness (QED) is 0.427. The summed E-state index contributed by atoms with van der Waals surface area (Å²) < 4.78 is 13.1. The third-order valence-electron chi connectivity index (χ3n) is 4.13. The molecule has 1 fully saturated rings. The molecular formula is C18H31N5O2. The smallest absolute Gasteiger partial charge is 0.157 e. The van der Waals surface area contributed by atoms with Gasteiger partial charge in [-0.25, -0.2) is 4.99 Å². The number of nitrogens with zero attached hydrogens (tertiary/aromatic N) is 3. The third-order valence-corrected chi connectivity index (χ3v) is 4.13. The Bertz CT molecular complexity index is 583. The number of aliphatic imine (C=N–C) groups is 1. The van der Waals surface area contributed by atoms with E-state index in [0.29, 0.717) is 24.6 Å². The van der Waals surface area contributed by atoms with Gasteiger partial charge in [0.2, 0.25) is 0 Å². The second-order valence-corrected chi connectivity index (χ2v) is 7.49. The molecule has 3 N–H and O–H groups in total. The van der Waals surface area contributed by atoms with E-state index in [1.165, 1.54) is 6.42 Å². The zero-order valence-electron chi connectivity index (χ0n) is 15.6. The van der Waals surface area contributed by atoms with Crippen molar-refractivity contribution in [2.24, 2.45) is 16.1 Å². The fraction of sp³-hybridized carbons (Fsp3) is 0.722. The van der Waals surface area contributed by atoms with E-state index in [1.807, 2.05) is 31.6 Å². The van der Waals surface area contributed by atoms with Crippen LogP contribution in [0.25, 0.3) is 0 Å². The maximum atomic E-state index is 8.03. The second-order valence-electron chi connectivity index (χ2n) is 7.49. The van der Waals surface area contributed by atoms with E-state index in [9.17, 15) is 0 Å². The highest BCUT2D eigenvalue weighted by molar-refractivity contribution is 6.04. The van der Waals surface area contributed by atoms with Crippen LogP contribution in [0.15, 0.2) is 17.4 Å². The van der Waals surface area contributed by atoms with Crippen LogP contribution >= 0.6 is 0 Å². The van der Waals surface area contributed by atoms with Crippen molar-refractivity contribution in [3.63, 3.8) is 0 Å². The van der Waals surface area contributed by atoms with Crippen molar-refractivity contribution in [2.75, 3.05) is 13.2 Å². The number of amidine groups is 1. The van der Waals surface area contributed by atoms with Crippen LogP contribution in [0.5, 0.6) is 0 Å². The summed E-state index contributed by atoms with van der Waals surface area (Å²) in [7, 11) is 0. The summed E-state index contributed by atoms with van der Waals surface area (Å²) in [4.78, 5) is 4.35. The molecule has 1 unspecified atom stereocenters. The van der Waals surface area contributed by atoms with Crippen LogP contribution in [0, 0.1) is 10.8 Å². The van der Waals surface area contributed by atoms with E-state index in [4.69, 9.17) is 20.6 Å². The predicted molar refractivity (Wildman–Crippen MR) is 99.5 cm³/mol. The van der Waals surface area contributed by atoms with Gasteiger partial charge in [0.25, 0.3) is 0 Å². The van der Waals surface area contributed by atoms with Gasteiger partial charge in [0, 0.05) is 25.3 Å². The molecule has 7 nitrogen and oxygen atoms in total. The number of nitrogens with one attached hydrogen (secondary N) is 1. The number of rotatable bonds is 8. The molecule has 140 valence electrons. The van der Waals surface area contributed by atoms with E-state index in [-0.39, 0.29) is 11.7 Å². The molecule has 1 aliphatic rings. The molecular weight excluding hydrogens is 318 g/mol. The number of hydrogen-bond acceptors (Lipinski definition) is 5. The van der Waals surface area contributed by atoms with Crippen molar-refractivity contribution in [1.82, 2.24) is 9.78 Å². The Morgan fingerprint density at radius 3 is 2.96 bits per heavy atom. The van der Waals surface area contributed by atoms with Crippen LogP contribution in [-0.2, 0) is 16.0 Å². The Morgan fingerprint density at radius 1 is 1.48 bits per heavy atom. The van der Waals surface area contributed by atoms with Gasteiger partial charge in [0.15, 0.2) is 6.29 Å². The summed E-state index contributed by atoms with van der Waals surface area (Å²) in [5.74, 6) is 0.442. The summed E-state index contributed by atoms with van der Waals surface area (Å²) in [5.41, 5.74) is 7.06. The van der Waals surface area contributed by atoms with Crippen LogP contribution in [0.3, 0.4) is 0 Å². The zero-order valence-corrected chi connectivity index (χ0v) is 15.6. The van der Waals surface area contributed by atoms with Crippen LogP contribution in [0.4, 0.5) is 5.69 Å². The molecule has 2 rings (SSSR count). The van der Waals surface area contributed by atoms with Crippen molar-refractivity contribution in [2.45, 2.75) is 65.7 Å². The Balaban J connectivity index is 1.73. The normalized spacial score (nSPS) is 19.2. The van der Waals surface area contributed by atoms with Gasteiger partial charge in [-0.3, -0.25) is 4.68 Å². The summed E-state index contributed by atoms with van der Waals surface area (Å²) >= 11 is 0. The van der Waals surface area contributed by atoms with Gasteiger partial charge >= 0.3 is 0 Å². The van der Waals surface area contributed by atoms with Gasteiger partial charge in [0.1, 0.15) is 11.5 Å². The lowest BCUT2D eigenvalue weighted by atomic mass is 9.88. The first-order valence-corrected chi connectivity index (χ1v) is 9.01. The average Bonchev–Trinajstić information content (AvgIpc) is 2.99. The van der Waals surface area contributed by atoms with Crippen molar-refractivity contribution in [1.29, 1.82) is 5.41 Å². The fourth-order valence-corrected chi connectivity index (χ4v) is 2.47. The topological polar surface area (TPSA) is 98.5 Å². The Kier molecular flexibility index (Phi) is 7.13. The summed E-state index contributed by atoms with van der Waals surface area (Å²) in [6, 6.07) is 0. The molecule has 0 spiro atoms. The lowest BCUT2D eigenvalue weighted by molar-refractivity contribution is -0.163. The molecule has 0 aliphatic carbocycles. The largest absolute Gasteiger partial charge is 0.387 e. The second kappa shape index (κ2) is 9.10. The first-order chi connectivity index (χ1) is 11.8. The zero-order chi connectivity index (χ0) is 18.3. The number of aryl methyl sites for hydroxylation is 1. The van der Waals surface area contributed by atoms with Crippen molar-refractivity contribution in [3.05, 3.63) is 12.4 Å². The summed E-state index contributed by atoms with van der Waals surface area (Å²) in [5, 5.41) is 12.3. The van der Waals surface area contributed by atoms with Gasteiger partial charge in [-0.15, -0.1) is 0 Å². The molecule has 1 aromatic rings. The molecule has 0 saturated carbocycles. The van der Waals surface area contributed by atoms with Crippen LogP contribution in [0.1, 0.15) is 52.9 Å². The van der Waals surface area contributed by atoms with Crippen molar-refractivity contribution >= 4 is 17.2 Å². The standard InChI is InChI=1S/C18H31N5O2/c1-18(2,3)15(19)11-16(20)22-14-12-21-23(13-14)8-6-10-25-17-7-4-5-9-24-17/h12-13,17,19H,4-11H2,1-3H3,(H2,20,22). The van der Waals surface area contributed by atoms with Gasteiger partial charge in [-0.2, -0.15) is 5.10 Å². The van der Waals surface area contributed by atoms with Gasteiger partial charge in [-0.1, -0.05) is 20.8 Å². The number of nitrogens with two attached hydrogens (primary N) is 1. The molecule has 25 heavy (non-hydrogen) atoms. The SMILES string of the molecule is CC(C)(C)C(=N)CC(N)=Nc1cnn(CCCOC2CCCCO2)c1. The van der Waals surface area contributed by atoms with Crippen LogP contribution in [0.2, 0.25) is 0 Å². The Morgan fingerprint density at radius 2 is 2.28 bits per heavy atom. The molecule has 1 aromatic heterocycles. The van der Waals surface area contributed by atoms with Gasteiger partial charge < -0.3 is 20.6 Å². The molecule has 2 heterocycles. The van der Waals surface area contributed by atoms with Gasteiger partial charge in [-0.05, 0) is 31.1 Å². The maximum absolute atomic E-state index is 8.03. The van der Waals surface area contributed by atoms with E-state index in [0.717, 1.165) is 38.1 Å². The molecule has 0 aromatic carbocycles. The minimum atomic E-state index is -0.188. The van der Waals surface area contributed by atoms with Gasteiger partial charge in [0.05, 0.1) is 19.0 Å². The minimum Gasteiger partial charge on any atom is -0.387 e. The highest BCUT2D eigenvalue weighted by atomic mass is 16.7. The lowest BCUT2D eigenvalue weighted by Crippen LogP contribution is -2.25. The van der Waals surface area contributed by atoms with Crippen molar-refractivity contribution in [3.8, 4) is 0 Å². The van der Waals surface area contributed by atoms with E-state index < -0.39 is 0 Å². The fourth-order valence-electron chi connectivity index (χ4n) is 2.47. The monoisotopic (exact) mass is 349 g/mol.